The number of aliphatic carboxylic acids is 1. The van der Waals surface area contributed by atoms with Crippen LogP contribution in [0.25, 0.3) is 0 Å². The lowest BCUT2D eigenvalue weighted by molar-refractivity contribution is -0.137. The van der Waals surface area contributed by atoms with Gasteiger partial charge in [-0.3, -0.25) is 4.79 Å². The van der Waals surface area contributed by atoms with E-state index in [4.69, 9.17) is 5.11 Å². The predicted molar refractivity (Wildman–Crippen MR) is 75.4 cm³/mol. The van der Waals surface area contributed by atoms with Crippen molar-refractivity contribution in [2.24, 2.45) is 5.92 Å². The molecule has 5 nitrogen and oxygen atoms in total. The van der Waals surface area contributed by atoms with Crippen molar-refractivity contribution in [2.45, 2.75) is 33.2 Å². The highest BCUT2D eigenvalue weighted by molar-refractivity contribution is 7.12. The summed E-state index contributed by atoms with van der Waals surface area (Å²) in [5.74, 6) is -0.931. The summed E-state index contributed by atoms with van der Waals surface area (Å²) >= 11 is 1.65. The van der Waals surface area contributed by atoms with Crippen molar-refractivity contribution in [1.82, 2.24) is 10.6 Å². The lowest BCUT2D eigenvalue weighted by Gasteiger charge is -2.15. The number of rotatable bonds is 6. The van der Waals surface area contributed by atoms with Gasteiger partial charge in [0.25, 0.3) is 0 Å². The van der Waals surface area contributed by atoms with Gasteiger partial charge < -0.3 is 15.7 Å². The second-order valence-corrected chi connectivity index (χ2v) is 6.05. The second-order valence-electron chi connectivity index (χ2n) is 4.73. The molecule has 0 aliphatic heterocycles. The molecule has 2 unspecified atom stereocenters. The third kappa shape index (κ3) is 5.74. The average molecular weight is 284 g/mol. The van der Waals surface area contributed by atoms with Gasteiger partial charge >= 0.3 is 12.0 Å². The maximum absolute atomic E-state index is 11.7. The molecule has 0 saturated carbocycles. The zero-order chi connectivity index (χ0) is 14.4. The Balaban J connectivity index is 2.33. The van der Waals surface area contributed by atoms with Crippen LogP contribution in [0.5, 0.6) is 0 Å². The molecule has 0 spiro atoms. The third-order valence-corrected chi connectivity index (χ3v) is 3.85. The number of thiophene rings is 1. The predicted octanol–water partition coefficient (Wildman–Crippen LogP) is 2.53. The van der Waals surface area contributed by atoms with Crippen molar-refractivity contribution in [3.05, 3.63) is 21.9 Å². The fraction of sp³-hybridized carbons (Fsp3) is 0.538. The number of hydrogen-bond donors (Lipinski definition) is 3. The molecule has 0 saturated heterocycles. The van der Waals surface area contributed by atoms with Crippen LogP contribution in [0.4, 0.5) is 4.79 Å². The molecular weight excluding hydrogens is 264 g/mol. The van der Waals surface area contributed by atoms with Crippen molar-refractivity contribution < 1.29 is 14.7 Å². The van der Waals surface area contributed by atoms with E-state index in [2.05, 4.69) is 10.6 Å². The Kier molecular flexibility index (Phi) is 5.82. The molecule has 0 aromatic carbocycles. The van der Waals surface area contributed by atoms with Crippen LogP contribution in [-0.4, -0.2) is 23.7 Å². The Morgan fingerprint density at radius 3 is 2.58 bits per heavy atom. The van der Waals surface area contributed by atoms with E-state index in [0.29, 0.717) is 6.54 Å². The van der Waals surface area contributed by atoms with Gasteiger partial charge in [-0.1, -0.05) is 6.92 Å². The zero-order valence-electron chi connectivity index (χ0n) is 11.4. The van der Waals surface area contributed by atoms with E-state index < -0.39 is 5.97 Å². The van der Waals surface area contributed by atoms with Gasteiger partial charge in [-0.25, -0.2) is 4.79 Å². The number of aryl methyl sites for hydroxylation is 1. The maximum atomic E-state index is 11.7. The number of carbonyl (C=O) groups excluding carboxylic acids is 1. The molecule has 1 aromatic rings. The van der Waals surface area contributed by atoms with Crippen LogP contribution in [0, 0.1) is 12.8 Å². The largest absolute Gasteiger partial charge is 0.481 e. The fourth-order valence-electron chi connectivity index (χ4n) is 1.64. The summed E-state index contributed by atoms with van der Waals surface area (Å²) in [7, 11) is 0. The van der Waals surface area contributed by atoms with Crippen molar-refractivity contribution in [3.8, 4) is 0 Å². The molecule has 2 atom stereocenters. The summed E-state index contributed by atoms with van der Waals surface area (Å²) in [6.45, 7) is 6.09. The van der Waals surface area contributed by atoms with E-state index in [1.807, 2.05) is 26.0 Å². The molecule has 1 rings (SSSR count). The highest BCUT2D eigenvalue weighted by Crippen LogP contribution is 2.21. The highest BCUT2D eigenvalue weighted by atomic mass is 32.1. The minimum Gasteiger partial charge on any atom is -0.481 e. The van der Waals surface area contributed by atoms with Gasteiger partial charge in [-0.2, -0.15) is 0 Å². The van der Waals surface area contributed by atoms with Gasteiger partial charge in [-0.05, 0) is 31.9 Å². The normalized spacial score (nSPS) is 13.6. The van der Waals surface area contributed by atoms with E-state index in [1.54, 1.807) is 18.3 Å². The fourth-order valence-corrected chi connectivity index (χ4v) is 2.52. The number of urea groups is 1. The van der Waals surface area contributed by atoms with Gasteiger partial charge in [-0.15, -0.1) is 11.3 Å². The number of nitrogens with one attached hydrogen (secondary N) is 2. The Hall–Kier alpha value is -1.56. The van der Waals surface area contributed by atoms with Crippen LogP contribution in [-0.2, 0) is 4.79 Å². The second kappa shape index (κ2) is 7.13. The molecule has 3 N–H and O–H groups in total. The molecule has 1 aromatic heterocycles. The van der Waals surface area contributed by atoms with Gasteiger partial charge in [0.05, 0.1) is 6.04 Å². The van der Waals surface area contributed by atoms with Crippen LogP contribution in [0.2, 0.25) is 0 Å². The third-order valence-electron chi connectivity index (χ3n) is 2.67. The van der Waals surface area contributed by atoms with Crippen LogP contribution in [0.15, 0.2) is 12.1 Å². The number of carboxylic acids is 1. The van der Waals surface area contributed by atoms with E-state index in [0.717, 1.165) is 4.88 Å². The minimum absolute atomic E-state index is 0.0477. The molecule has 2 amide bonds. The number of carbonyl (C=O) groups is 2. The van der Waals surface area contributed by atoms with E-state index in [1.165, 1.54) is 4.88 Å². The summed E-state index contributed by atoms with van der Waals surface area (Å²) in [6.07, 6.45) is 0.0555. The van der Waals surface area contributed by atoms with Crippen LogP contribution < -0.4 is 10.6 Å². The maximum Gasteiger partial charge on any atom is 0.315 e. The summed E-state index contributed by atoms with van der Waals surface area (Å²) in [6, 6.07) is 3.70. The van der Waals surface area contributed by atoms with E-state index >= 15 is 0 Å². The van der Waals surface area contributed by atoms with Crippen molar-refractivity contribution in [3.63, 3.8) is 0 Å². The monoisotopic (exact) mass is 284 g/mol. The number of hydrogen-bond acceptors (Lipinski definition) is 3. The molecule has 0 aliphatic rings. The Morgan fingerprint density at radius 2 is 2.05 bits per heavy atom. The summed E-state index contributed by atoms with van der Waals surface area (Å²) in [4.78, 5) is 24.5. The first-order valence-corrected chi connectivity index (χ1v) is 7.02. The first-order chi connectivity index (χ1) is 8.88. The molecular formula is C13H20N2O3S. The van der Waals surface area contributed by atoms with Gasteiger partial charge in [0, 0.05) is 22.7 Å². The summed E-state index contributed by atoms with van der Waals surface area (Å²) < 4.78 is 0. The van der Waals surface area contributed by atoms with Gasteiger partial charge in [0.2, 0.25) is 0 Å². The molecule has 0 radical (unpaired) electrons. The molecule has 6 heteroatoms. The SMILES string of the molecule is Cc1ccc(C(C)NC(=O)NCC(C)CC(=O)O)s1. The average Bonchev–Trinajstić information content (AvgIpc) is 2.72. The zero-order valence-corrected chi connectivity index (χ0v) is 12.2. The molecule has 0 fully saturated rings. The molecule has 0 aliphatic carbocycles. The Labute approximate surface area is 117 Å². The number of amides is 2. The summed E-state index contributed by atoms with van der Waals surface area (Å²) in [5, 5.41) is 14.1. The quantitative estimate of drug-likeness (QED) is 0.751. The Morgan fingerprint density at radius 1 is 1.37 bits per heavy atom. The molecule has 19 heavy (non-hydrogen) atoms. The van der Waals surface area contributed by atoms with Crippen LogP contribution >= 0.6 is 11.3 Å². The van der Waals surface area contributed by atoms with Gasteiger partial charge in [0.1, 0.15) is 0 Å². The Bertz CT molecular complexity index is 445. The van der Waals surface area contributed by atoms with E-state index in [9.17, 15) is 9.59 Å². The summed E-state index contributed by atoms with van der Waals surface area (Å²) in [5.41, 5.74) is 0. The minimum atomic E-state index is -0.850. The molecule has 0 bridgehead atoms. The van der Waals surface area contributed by atoms with Crippen LogP contribution in [0.1, 0.15) is 36.1 Å². The first kappa shape index (κ1) is 15.5. The van der Waals surface area contributed by atoms with Crippen molar-refractivity contribution >= 4 is 23.3 Å². The lowest BCUT2D eigenvalue weighted by Crippen LogP contribution is -2.39. The molecule has 106 valence electrons. The van der Waals surface area contributed by atoms with E-state index in [-0.39, 0.29) is 24.4 Å². The van der Waals surface area contributed by atoms with Crippen molar-refractivity contribution in [2.75, 3.05) is 6.54 Å². The van der Waals surface area contributed by atoms with Gasteiger partial charge in [0.15, 0.2) is 0 Å². The highest BCUT2D eigenvalue weighted by Gasteiger charge is 2.13. The van der Waals surface area contributed by atoms with Crippen molar-refractivity contribution in [1.29, 1.82) is 0 Å². The standard InChI is InChI=1S/C13H20N2O3S/c1-8(6-12(16)17)7-14-13(18)15-10(3)11-5-4-9(2)19-11/h4-5,8,10H,6-7H2,1-3H3,(H,16,17)(H2,14,15,18). The first-order valence-electron chi connectivity index (χ1n) is 6.21. The number of carboxylic acid groups (broad SMARTS) is 1. The topological polar surface area (TPSA) is 78.4 Å². The lowest BCUT2D eigenvalue weighted by atomic mass is 10.1. The molecule has 1 heterocycles. The van der Waals surface area contributed by atoms with Crippen LogP contribution in [0.3, 0.4) is 0 Å². The smallest absolute Gasteiger partial charge is 0.315 e.